The van der Waals surface area contributed by atoms with E-state index in [2.05, 4.69) is 19.2 Å². The van der Waals surface area contributed by atoms with Crippen molar-refractivity contribution in [3.8, 4) is 0 Å². The van der Waals surface area contributed by atoms with Gasteiger partial charge in [-0.3, -0.25) is 0 Å². The highest BCUT2D eigenvalue weighted by molar-refractivity contribution is 4.77. The second kappa shape index (κ2) is 6.41. The van der Waals surface area contributed by atoms with Gasteiger partial charge < -0.3 is 11.1 Å². The molecule has 2 atom stereocenters. The molecule has 0 aliphatic heterocycles. The van der Waals surface area contributed by atoms with E-state index in [9.17, 15) is 0 Å². The lowest BCUT2D eigenvalue weighted by Crippen LogP contribution is -2.46. The van der Waals surface area contributed by atoms with E-state index >= 15 is 0 Å². The van der Waals surface area contributed by atoms with Crippen LogP contribution in [-0.4, -0.2) is 18.1 Å². The van der Waals surface area contributed by atoms with E-state index in [1.807, 2.05) is 0 Å². The number of hydrogen-bond donors (Lipinski definition) is 2. The number of hydrogen-bond acceptors (Lipinski definition) is 2. The van der Waals surface area contributed by atoms with Crippen LogP contribution in [-0.2, 0) is 0 Å². The third-order valence-corrected chi connectivity index (χ3v) is 3.39. The van der Waals surface area contributed by atoms with Gasteiger partial charge in [0.15, 0.2) is 0 Å². The van der Waals surface area contributed by atoms with Gasteiger partial charge in [-0.2, -0.15) is 0 Å². The Labute approximate surface area is 88.6 Å². The molecule has 0 aromatic heterocycles. The highest BCUT2D eigenvalue weighted by Gasteiger charge is 2.15. The fourth-order valence-corrected chi connectivity index (χ4v) is 2.15. The first kappa shape index (κ1) is 12.0. The average molecular weight is 198 g/mol. The summed E-state index contributed by atoms with van der Waals surface area (Å²) >= 11 is 0. The molecular weight excluding hydrogens is 172 g/mol. The van der Waals surface area contributed by atoms with Gasteiger partial charge in [0, 0.05) is 18.1 Å². The zero-order valence-corrected chi connectivity index (χ0v) is 9.76. The van der Waals surface area contributed by atoms with Crippen LogP contribution in [0.25, 0.3) is 0 Å². The third kappa shape index (κ3) is 4.43. The molecule has 0 amide bonds. The van der Waals surface area contributed by atoms with Crippen molar-refractivity contribution in [2.45, 2.75) is 76.9 Å². The van der Waals surface area contributed by atoms with E-state index in [4.69, 9.17) is 5.73 Å². The Kier molecular flexibility index (Phi) is 5.49. The van der Waals surface area contributed by atoms with Crippen molar-refractivity contribution in [3.63, 3.8) is 0 Å². The molecule has 3 N–H and O–H groups in total. The van der Waals surface area contributed by atoms with Crippen molar-refractivity contribution in [2.24, 2.45) is 5.73 Å². The van der Waals surface area contributed by atoms with Gasteiger partial charge in [-0.25, -0.2) is 0 Å². The maximum absolute atomic E-state index is 5.86. The molecule has 0 radical (unpaired) electrons. The summed E-state index contributed by atoms with van der Waals surface area (Å²) in [6.45, 7) is 4.28. The molecule has 1 aliphatic carbocycles. The molecule has 0 aromatic carbocycles. The Hall–Kier alpha value is -0.0800. The molecule has 2 heteroatoms. The zero-order chi connectivity index (χ0) is 10.4. The van der Waals surface area contributed by atoms with Crippen LogP contribution in [0.3, 0.4) is 0 Å². The van der Waals surface area contributed by atoms with E-state index in [0.29, 0.717) is 6.04 Å². The van der Waals surface area contributed by atoms with Gasteiger partial charge in [0.05, 0.1) is 0 Å². The summed E-state index contributed by atoms with van der Waals surface area (Å²) in [6, 6.07) is 1.44. The van der Waals surface area contributed by atoms with Crippen LogP contribution < -0.4 is 11.1 Å². The summed E-state index contributed by atoms with van der Waals surface area (Å²) in [5, 5.41) is 3.66. The first-order valence-corrected chi connectivity index (χ1v) is 6.22. The van der Waals surface area contributed by atoms with Crippen LogP contribution >= 0.6 is 0 Å². The minimum atomic E-state index is 0.264. The Morgan fingerprint density at radius 2 is 1.50 bits per heavy atom. The molecular formula is C12H26N2. The normalized spacial score (nSPS) is 25.1. The minimum Gasteiger partial charge on any atom is -0.327 e. The lowest BCUT2D eigenvalue weighted by Gasteiger charge is -2.27. The van der Waals surface area contributed by atoms with Gasteiger partial charge in [-0.15, -0.1) is 0 Å². The predicted octanol–water partition coefficient (Wildman–Crippen LogP) is 2.42. The van der Waals surface area contributed by atoms with Crippen molar-refractivity contribution in [3.05, 3.63) is 0 Å². The second-order valence-electron chi connectivity index (χ2n) is 4.86. The molecule has 0 heterocycles. The Balaban J connectivity index is 2.26. The number of nitrogens with two attached hydrogens (primary N) is 1. The molecule has 1 aliphatic rings. The predicted molar refractivity (Wildman–Crippen MR) is 62.4 cm³/mol. The summed E-state index contributed by atoms with van der Waals surface area (Å²) in [4.78, 5) is 0. The van der Waals surface area contributed by atoms with Crippen molar-refractivity contribution < 1.29 is 0 Å². The molecule has 2 unspecified atom stereocenters. The van der Waals surface area contributed by atoms with Gasteiger partial charge in [0.2, 0.25) is 0 Å². The van der Waals surface area contributed by atoms with Crippen molar-refractivity contribution in [1.82, 2.24) is 5.32 Å². The maximum atomic E-state index is 5.86. The Bertz CT molecular complexity index is 137. The largest absolute Gasteiger partial charge is 0.327 e. The van der Waals surface area contributed by atoms with Gasteiger partial charge in [-0.1, -0.05) is 32.1 Å². The lowest BCUT2D eigenvalue weighted by atomic mass is 9.96. The molecule has 2 nitrogen and oxygen atoms in total. The zero-order valence-electron chi connectivity index (χ0n) is 9.76. The summed E-state index contributed by atoms with van der Waals surface area (Å²) in [6.07, 6.45) is 9.76. The first-order chi connectivity index (χ1) is 6.70. The molecule has 1 saturated carbocycles. The lowest BCUT2D eigenvalue weighted by molar-refractivity contribution is 0.341. The first-order valence-electron chi connectivity index (χ1n) is 6.22. The monoisotopic (exact) mass is 198 g/mol. The average Bonchev–Trinajstić information content (AvgIpc) is 2.08. The van der Waals surface area contributed by atoms with Crippen LogP contribution in [0, 0.1) is 0 Å². The topological polar surface area (TPSA) is 38.0 Å². The summed E-state index contributed by atoms with van der Waals surface area (Å²) in [5.41, 5.74) is 5.86. The fraction of sp³-hybridized carbons (Fsp3) is 1.00. The third-order valence-electron chi connectivity index (χ3n) is 3.39. The fourth-order valence-electron chi connectivity index (χ4n) is 2.15. The highest BCUT2D eigenvalue weighted by atomic mass is 15.0. The van der Waals surface area contributed by atoms with Crippen LogP contribution in [0.2, 0.25) is 0 Å². The quantitative estimate of drug-likeness (QED) is 0.731. The van der Waals surface area contributed by atoms with E-state index in [1.165, 1.54) is 44.9 Å². The number of rotatable bonds is 3. The smallest absolute Gasteiger partial charge is 0.0190 e. The van der Waals surface area contributed by atoms with Gasteiger partial charge in [-0.05, 0) is 26.7 Å². The Morgan fingerprint density at radius 1 is 1.00 bits per heavy atom. The molecule has 14 heavy (non-hydrogen) atoms. The van der Waals surface area contributed by atoms with E-state index < -0.39 is 0 Å². The summed E-state index contributed by atoms with van der Waals surface area (Å²) in [7, 11) is 0. The molecule has 1 fully saturated rings. The second-order valence-corrected chi connectivity index (χ2v) is 4.86. The van der Waals surface area contributed by atoms with E-state index in [0.717, 1.165) is 6.04 Å². The van der Waals surface area contributed by atoms with Crippen LogP contribution in [0.4, 0.5) is 0 Å². The molecule has 84 valence electrons. The van der Waals surface area contributed by atoms with Crippen molar-refractivity contribution >= 4 is 0 Å². The van der Waals surface area contributed by atoms with E-state index in [1.54, 1.807) is 0 Å². The van der Waals surface area contributed by atoms with Gasteiger partial charge in [0.1, 0.15) is 0 Å². The molecule has 0 bridgehead atoms. The van der Waals surface area contributed by atoms with Crippen LogP contribution in [0.1, 0.15) is 58.8 Å². The summed E-state index contributed by atoms with van der Waals surface area (Å²) in [5.74, 6) is 0. The SMILES string of the molecule is CC(N)C(C)NC1CCCCCCC1. The Morgan fingerprint density at radius 3 is 2.00 bits per heavy atom. The molecule has 1 rings (SSSR count). The van der Waals surface area contributed by atoms with Crippen LogP contribution in [0.15, 0.2) is 0 Å². The highest BCUT2D eigenvalue weighted by Crippen LogP contribution is 2.17. The van der Waals surface area contributed by atoms with Crippen molar-refractivity contribution in [1.29, 1.82) is 0 Å². The molecule has 0 spiro atoms. The molecule has 0 saturated heterocycles. The number of nitrogens with one attached hydrogen (secondary N) is 1. The van der Waals surface area contributed by atoms with Gasteiger partial charge >= 0.3 is 0 Å². The van der Waals surface area contributed by atoms with Crippen molar-refractivity contribution in [2.75, 3.05) is 0 Å². The van der Waals surface area contributed by atoms with E-state index in [-0.39, 0.29) is 6.04 Å². The summed E-state index contributed by atoms with van der Waals surface area (Å²) < 4.78 is 0. The minimum absolute atomic E-state index is 0.264. The van der Waals surface area contributed by atoms with Crippen LogP contribution in [0.5, 0.6) is 0 Å². The van der Waals surface area contributed by atoms with Gasteiger partial charge in [0.25, 0.3) is 0 Å². The maximum Gasteiger partial charge on any atom is 0.0190 e. The molecule has 0 aromatic rings. The standard InChI is InChI=1S/C12H26N2/c1-10(13)11(2)14-12-8-6-4-3-5-7-9-12/h10-12,14H,3-9,13H2,1-2H3.